The van der Waals surface area contributed by atoms with E-state index in [0.717, 1.165) is 42.0 Å². The summed E-state index contributed by atoms with van der Waals surface area (Å²) >= 11 is 1.37. The molecule has 1 saturated heterocycles. The largest absolute Gasteiger partial charge is 0.490 e. The van der Waals surface area contributed by atoms with Crippen LogP contribution in [0.4, 0.5) is 22.0 Å². The summed E-state index contributed by atoms with van der Waals surface area (Å²) in [6.07, 6.45) is -1.50. The molecular weight excluding hydrogens is 425 g/mol. The Balaban J connectivity index is 0.000000396. The van der Waals surface area contributed by atoms with Gasteiger partial charge in [0.2, 0.25) is 0 Å². The SMILES string of the molecule is C=Cc1ccc(Sc2ccc(F)cc2C2CCNCC2)c(F)c1.O=C(O)C(F)(F)F. The smallest absolute Gasteiger partial charge is 0.475 e. The van der Waals surface area contributed by atoms with Crippen LogP contribution in [-0.2, 0) is 4.79 Å². The molecular formula is C21H20F5NO2S. The van der Waals surface area contributed by atoms with Crippen LogP contribution in [0.1, 0.15) is 29.9 Å². The van der Waals surface area contributed by atoms with Crippen LogP contribution in [0.25, 0.3) is 6.08 Å². The van der Waals surface area contributed by atoms with E-state index in [2.05, 4.69) is 11.9 Å². The summed E-state index contributed by atoms with van der Waals surface area (Å²) in [6.45, 7) is 5.53. The van der Waals surface area contributed by atoms with Gasteiger partial charge in [-0.2, -0.15) is 13.2 Å². The molecule has 3 nitrogen and oxygen atoms in total. The van der Waals surface area contributed by atoms with E-state index in [1.54, 1.807) is 24.3 Å². The van der Waals surface area contributed by atoms with Gasteiger partial charge < -0.3 is 10.4 Å². The van der Waals surface area contributed by atoms with E-state index < -0.39 is 12.1 Å². The Labute approximate surface area is 175 Å². The van der Waals surface area contributed by atoms with Crippen LogP contribution >= 0.6 is 11.8 Å². The molecule has 3 rings (SSSR count). The van der Waals surface area contributed by atoms with Gasteiger partial charge in [-0.25, -0.2) is 13.6 Å². The molecule has 0 amide bonds. The second-order valence-electron chi connectivity index (χ2n) is 6.51. The first-order valence-electron chi connectivity index (χ1n) is 9.02. The van der Waals surface area contributed by atoms with Crippen molar-refractivity contribution in [2.45, 2.75) is 34.7 Å². The highest BCUT2D eigenvalue weighted by atomic mass is 32.2. The van der Waals surface area contributed by atoms with Crippen LogP contribution in [0.3, 0.4) is 0 Å². The lowest BCUT2D eigenvalue weighted by Gasteiger charge is -2.25. The van der Waals surface area contributed by atoms with Crippen LogP contribution < -0.4 is 5.32 Å². The summed E-state index contributed by atoms with van der Waals surface area (Å²) in [6, 6.07) is 9.89. The Morgan fingerprint density at radius 2 is 1.70 bits per heavy atom. The highest BCUT2D eigenvalue weighted by Gasteiger charge is 2.38. The topological polar surface area (TPSA) is 49.3 Å². The number of alkyl halides is 3. The predicted molar refractivity (Wildman–Crippen MR) is 106 cm³/mol. The molecule has 2 aromatic carbocycles. The van der Waals surface area contributed by atoms with Gasteiger partial charge >= 0.3 is 12.1 Å². The van der Waals surface area contributed by atoms with Crippen molar-refractivity contribution in [2.24, 2.45) is 0 Å². The maximum atomic E-state index is 14.2. The quantitative estimate of drug-likeness (QED) is 0.579. The van der Waals surface area contributed by atoms with Crippen LogP contribution in [0.2, 0.25) is 0 Å². The fourth-order valence-electron chi connectivity index (χ4n) is 2.91. The second kappa shape index (κ2) is 10.6. The molecule has 0 radical (unpaired) electrons. The molecule has 9 heteroatoms. The Kier molecular flexibility index (Phi) is 8.43. The number of nitrogens with one attached hydrogen (secondary N) is 1. The van der Waals surface area contributed by atoms with E-state index in [-0.39, 0.29) is 11.6 Å². The van der Waals surface area contributed by atoms with Gasteiger partial charge in [-0.3, -0.25) is 0 Å². The zero-order chi connectivity index (χ0) is 22.3. The van der Waals surface area contributed by atoms with E-state index in [0.29, 0.717) is 10.8 Å². The first-order valence-corrected chi connectivity index (χ1v) is 9.83. The molecule has 2 aromatic rings. The third kappa shape index (κ3) is 6.84. The minimum Gasteiger partial charge on any atom is -0.475 e. The molecule has 0 saturated carbocycles. The molecule has 1 aliphatic heterocycles. The van der Waals surface area contributed by atoms with Gasteiger partial charge in [-0.1, -0.05) is 30.5 Å². The maximum Gasteiger partial charge on any atom is 0.490 e. The molecule has 2 N–H and O–H groups in total. The molecule has 0 aromatic heterocycles. The van der Waals surface area contributed by atoms with E-state index in [1.807, 2.05) is 6.07 Å². The van der Waals surface area contributed by atoms with Gasteiger partial charge in [-0.15, -0.1) is 0 Å². The summed E-state index contributed by atoms with van der Waals surface area (Å²) < 4.78 is 59.7. The average molecular weight is 445 g/mol. The number of carboxylic acid groups (broad SMARTS) is 1. The Hall–Kier alpha value is -2.39. The van der Waals surface area contributed by atoms with Crippen molar-refractivity contribution in [3.05, 3.63) is 65.7 Å². The Morgan fingerprint density at radius 1 is 1.10 bits per heavy atom. The summed E-state index contributed by atoms with van der Waals surface area (Å²) in [5, 5.41) is 10.4. The van der Waals surface area contributed by atoms with E-state index in [9.17, 15) is 22.0 Å². The van der Waals surface area contributed by atoms with Gasteiger partial charge in [0.25, 0.3) is 0 Å². The summed E-state index contributed by atoms with van der Waals surface area (Å²) in [5.74, 6) is -2.93. The van der Waals surface area contributed by atoms with Crippen molar-refractivity contribution in [1.82, 2.24) is 5.32 Å². The first kappa shape index (κ1) is 23.9. The molecule has 1 fully saturated rings. The fraction of sp³-hybridized carbons (Fsp3) is 0.286. The molecule has 1 aliphatic rings. The van der Waals surface area contributed by atoms with Gasteiger partial charge in [0.05, 0.1) is 0 Å². The van der Waals surface area contributed by atoms with Crippen LogP contribution in [0.5, 0.6) is 0 Å². The van der Waals surface area contributed by atoms with E-state index in [1.165, 1.54) is 23.9 Å². The highest BCUT2D eigenvalue weighted by Crippen LogP contribution is 2.38. The van der Waals surface area contributed by atoms with Gasteiger partial charge in [0.15, 0.2) is 0 Å². The number of carbonyl (C=O) groups is 1. The molecule has 0 bridgehead atoms. The van der Waals surface area contributed by atoms with Crippen molar-refractivity contribution in [1.29, 1.82) is 0 Å². The maximum absolute atomic E-state index is 14.2. The summed E-state index contributed by atoms with van der Waals surface area (Å²) in [4.78, 5) is 10.4. The molecule has 0 spiro atoms. The van der Waals surface area contributed by atoms with Crippen LogP contribution in [0.15, 0.2) is 52.8 Å². The van der Waals surface area contributed by atoms with Crippen molar-refractivity contribution in [3.8, 4) is 0 Å². The van der Waals surface area contributed by atoms with Gasteiger partial charge in [-0.05, 0) is 73.3 Å². The molecule has 1 heterocycles. The number of carboxylic acids is 1. The van der Waals surface area contributed by atoms with Gasteiger partial charge in [0, 0.05) is 9.79 Å². The van der Waals surface area contributed by atoms with Crippen molar-refractivity contribution in [2.75, 3.05) is 13.1 Å². The van der Waals surface area contributed by atoms with Gasteiger partial charge in [0.1, 0.15) is 11.6 Å². The Morgan fingerprint density at radius 3 is 2.23 bits per heavy atom. The van der Waals surface area contributed by atoms with Crippen LogP contribution in [0, 0.1) is 11.6 Å². The predicted octanol–water partition coefficient (Wildman–Crippen LogP) is 5.86. The minimum absolute atomic E-state index is 0.231. The summed E-state index contributed by atoms with van der Waals surface area (Å²) in [5.41, 5.74) is 1.74. The number of rotatable bonds is 4. The van der Waals surface area contributed by atoms with Crippen molar-refractivity contribution < 1.29 is 31.9 Å². The molecule has 162 valence electrons. The number of benzene rings is 2. The lowest BCUT2D eigenvalue weighted by molar-refractivity contribution is -0.192. The van der Waals surface area contributed by atoms with E-state index in [4.69, 9.17) is 9.90 Å². The molecule has 0 atom stereocenters. The normalized spacial score (nSPS) is 14.6. The minimum atomic E-state index is -5.08. The fourth-order valence-corrected chi connectivity index (χ4v) is 3.92. The highest BCUT2D eigenvalue weighted by molar-refractivity contribution is 7.99. The van der Waals surface area contributed by atoms with Crippen LogP contribution in [-0.4, -0.2) is 30.3 Å². The average Bonchev–Trinajstić information content (AvgIpc) is 2.71. The molecule has 30 heavy (non-hydrogen) atoms. The zero-order valence-electron chi connectivity index (χ0n) is 15.8. The standard InChI is InChI=1S/C19H19F2NS.C2HF3O2/c1-2-13-3-5-19(17(21)11-13)23-18-6-4-15(20)12-16(18)14-7-9-22-10-8-14;3-2(4,5)1(6)7/h2-6,11-12,14,22H,1,7-10H2;(H,6,7). The molecule has 0 aliphatic carbocycles. The number of halogens is 5. The van der Waals surface area contributed by atoms with E-state index >= 15 is 0 Å². The summed E-state index contributed by atoms with van der Waals surface area (Å²) in [7, 11) is 0. The van der Waals surface area contributed by atoms with Crippen molar-refractivity contribution >= 4 is 23.8 Å². The zero-order valence-corrected chi connectivity index (χ0v) is 16.6. The lowest BCUT2D eigenvalue weighted by atomic mass is 9.90. The molecule has 0 unspecified atom stereocenters. The number of piperidine rings is 1. The monoisotopic (exact) mass is 445 g/mol. The van der Waals surface area contributed by atoms with Crippen molar-refractivity contribution in [3.63, 3.8) is 0 Å². The first-order chi connectivity index (χ1) is 14.1. The third-order valence-corrected chi connectivity index (χ3v) is 5.55. The number of hydrogen-bond donors (Lipinski definition) is 2. The Bertz CT molecular complexity index is 895. The lowest BCUT2D eigenvalue weighted by Crippen LogP contribution is -2.26. The third-order valence-electron chi connectivity index (χ3n) is 4.40. The number of aliphatic carboxylic acids is 1. The number of hydrogen-bond acceptors (Lipinski definition) is 3. The second-order valence-corrected chi connectivity index (χ2v) is 7.59.